The molecule has 1 rings (SSSR count). The zero-order valence-electron chi connectivity index (χ0n) is 10.9. The van der Waals surface area contributed by atoms with Gasteiger partial charge in [0.25, 0.3) is 0 Å². The second-order valence-electron chi connectivity index (χ2n) is 4.82. The van der Waals surface area contributed by atoms with Crippen molar-refractivity contribution in [2.45, 2.75) is 39.0 Å². The molecule has 0 aliphatic carbocycles. The number of aliphatic hydroxyl groups is 1. The molecule has 0 aliphatic rings. The number of carbonyl (C=O) groups excluding carboxylic acids is 1. The van der Waals surface area contributed by atoms with Crippen LogP contribution in [0.4, 0.5) is 0 Å². The van der Waals surface area contributed by atoms with E-state index in [2.05, 4.69) is 5.32 Å². The fourth-order valence-corrected chi connectivity index (χ4v) is 1.32. The fourth-order valence-electron chi connectivity index (χ4n) is 1.32. The largest absolute Gasteiger partial charge is 0.389 e. The first-order valence-corrected chi connectivity index (χ1v) is 5.65. The first kappa shape index (κ1) is 16.9. The third-order valence-corrected chi connectivity index (χ3v) is 2.50. The van der Waals surface area contributed by atoms with Gasteiger partial charge in [-0.05, 0) is 31.9 Å². The summed E-state index contributed by atoms with van der Waals surface area (Å²) < 4.78 is 0. The number of aliphatic hydroxyl groups excluding tert-OH is 1. The Kier molecular flexibility index (Phi) is 6.32. The number of hydrogen-bond donors (Lipinski definition) is 3. The smallest absolute Gasteiger partial charge is 0.239 e. The van der Waals surface area contributed by atoms with Gasteiger partial charge in [0.2, 0.25) is 5.91 Å². The topological polar surface area (TPSA) is 75.3 Å². The Morgan fingerprint density at radius 2 is 1.89 bits per heavy atom. The maximum Gasteiger partial charge on any atom is 0.239 e. The van der Waals surface area contributed by atoms with E-state index in [1.807, 2.05) is 24.3 Å². The monoisotopic (exact) mass is 272 g/mol. The van der Waals surface area contributed by atoms with Gasteiger partial charge in [0.05, 0.1) is 11.6 Å². The summed E-state index contributed by atoms with van der Waals surface area (Å²) in [6.07, 6.45) is -0.471. The quantitative estimate of drug-likeness (QED) is 0.778. The van der Waals surface area contributed by atoms with Gasteiger partial charge < -0.3 is 16.2 Å². The van der Waals surface area contributed by atoms with Crippen LogP contribution in [-0.4, -0.2) is 16.6 Å². The first-order chi connectivity index (χ1) is 7.80. The normalized spacial score (nSPS) is 12.5. The highest BCUT2D eigenvalue weighted by Crippen LogP contribution is 2.12. The minimum absolute atomic E-state index is 0. The molecule has 0 heterocycles. The molecule has 1 atom stereocenters. The Hall–Kier alpha value is -1.10. The minimum atomic E-state index is -0.862. The number of halogens is 1. The minimum Gasteiger partial charge on any atom is -0.389 e. The van der Waals surface area contributed by atoms with Crippen molar-refractivity contribution < 1.29 is 9.90 Å². The lowest BCUT2D eigenvalue weighted by atomic mass is 10.1. The Balaban J connectivity index is 0.00000289. The van der Waals surface area contributed by atoms with E-state index >= 15 is 0 Å². The van der Waals surface area contributed by atoms with Crippen molar-refractivity contribution >= 4 is 18.3 Å². The molecule has 0 saturated heterocycles. The number of carbonyl (C=O) groups is 1. The van der Waals surface area contributed by atoms with Crippen LogP contribution in [0.1, 0.15) is 38.0 Å². The van der Waals surface area contributed by atoms with E-state index in [-0.39, 0.29) is 18.3 Å². The molecule has 0 saturated carbocycles. The van der Waals surface area contributed by atoms with Crippen LogP contribution in [0.3, 0.4) is 0 Å². The number of amides is 1. The highest BCUT2D eigenvalue weighted by molar-refractivity contribution is 5.85. The van der Waals surface area contributed by atoms with Crippen LogP contribution >= 0.6 is 12.4 Å². The van der Waals surface area contributed by atoms with E-state index in [0.29, 0.717) is 6.54 Å². The molecule has 1 aromatic rings. The van der Waals surface area contributed by atoms with E-state index in [4.69, 9.17) is 5.73 Å². The molecule has 0 spiro atoms. The summed E-state index contributed by atoms with van der Waals surface area (Å²) in [6, 6.07) is 7.46. The summed E-state index contributed by atoms with van der Waals surface area (Å²) in [6.45, 7) is 5.49. The molecule has 1 amide bonds. The number of hydrogen-bond acceptors (Lipinski definition) is 3. The van der Waals surface area contributed by atoms with Gasteiger partial charge in [-0.1, -0.05) is 24.3 Å². The summed E-state index contributed by atoms with van der Waals surface area (Å²) in [5.41, 5.74) is 6.64. The van der Waals surface area contributed by atoms with Crippen LogP contribution in [0.25, 0.3) is 0 Å². The maximum absolute atomic E-state index is 11.5. The molecule has 0 aromatic heterocycles. The molecule has 0 radical (unpaired) electrons. The lowest BCUT2D eigenvalue weighted by Gasteiger charge is -2.17. The van der Waals surface area contributed by atoms with Crippen molar-refractivity contribution in [3.8, 4) is 0 Å². The van der Waals surface area contributed by atoms with Gasteiger partial charge in [0.15, 0.2) is 0 Å². The fraction of sp³-hybridized carbons (Fsp3) is 0.462. The highest BCUT2D eigenvalue weighted by atomic mass is 35.5. The van der Waals surface area contributed by atoms with E-state index in [9.17, 15) is 9.90 Å². The van der Waals surface area contributed by atoms with Crippen molar-refractivity contribution in [2.75, 3.05) is 0 Å². The Labute approximate surface area is 114 Å². The second kappa shape index (κ2) is 6.73. The molecule has 1 unspecified atom stereocenters. The lowest BCUT2D eigenvalue weighted by Crippen LogP contribution is -2.48. The Morgan fingerprint density at radius 1 is 1.39 bits per heavy atom. The molecular formula is C13H21ClN2O2. The van der Waals surface area contributed by atoms with Gasteiger partial charge in [-0.15, -0.1) is 12.4 Å². The summed E-state index contributed by atoms with van der Waals surface area (Å²) in [7, 11) is 0. The predicted octanol–water partition coefficient (Wildman–Crippen LogP) is 1.52. The highest BCUT2D eigenvalue weighted by Gasteiger charge is 2.20. The third-order valence-electron chi connectivity index (χ3n) is 2.50. The molecule has 102 valence electrons. The van der Waals surface area contributed by atoms with Crippen molar-refractivity contribution in [1.29, 1.82) is 0 Å². The van der Waals surface area contributed by atoms with Crippen LogP contribution in [0.15, 0.2) is 24.3 Å². The third kappa shape index (κ3) is 5.04. The van der Waals surface area contributed by atoms with E-state index in [0.717, 1.165) is 11.1 Å². The van der Waals surface area contributed by atoms with Gasteiger partial charge in [-0.3, -0.25) is 4.79 Å². The molecule has 5 heteroatoms. The van der Waals surface area contributed by atoms with E-state index < -0.39 is 11.6 Å². The summed E-state index contributed by atoms with van der Waals surface area (Å²) >= 11 is 0. The molecule has 0 fully saturated rings. The van der Waals surface area contributed by atoms with Gasteiger partial charge in [0.1, 0.15) is 0 Å². The van der Waals surface area contributed by atoms with Crippen molar-refractivity contribution in [1.82, 2.24) is 5.32 Å². The van der Waals surface area contributed by atoms with E-state index in [1.54, 1.807) is 20.8 Å². The standard InChI is InChI=1S/C13H20N2O2.ClH/c1-9(16)11-6-4-10(5-7-11)8-15-12(17)13(2,3)14;/h4-7,9,16H,8,14H2,1-3H3,(H,15,17);1H. The van der Waals surface area contributed by atoms with Crippen molar-refractivity contribution in [3.63, 3.8) is 0 Å². The number of nitrogens with two attached hydrogens (primary N) is 1. The maximum atomic E-state index is 11.5. The zero-order chi connectivity index (χ0) is 13.1. The number of rotatable bonds is 4. The van der Waals surface area contributed by atoms with Crippen LogP contribution in [0, 0.1) is 0 Å². The average molecular weight is 273 g/mol. The van der Waals surface area contributed by atoms with Crippen LogP contribution in [-0.2, 0) is 11.3 Å². The summed E-state index contributed by atoms with van der Waals surface area (Å²) in [5.74, 6) is -0.183. The molecule has 4 nitrogen and oxygen atoms in total. The second-order valence-corrected chi connectivity index (χ2v) is 4.82. The van der Waals surface area contributed by atoms with Gasteiger partial charge in [0, 0.05) is 6.54 Å². The Bertz CT molecular complexity index is 383. The molecule has 18 heavy (non-hydrogen) atoms. The molecular weight excluding hydrogens is 252 g/mol. The SMILES string of the molecule is CC(O)c1ccc(CNC(=O)C(C)(C)N)cc1.Cl. The summed E-state index contributed by atoms with van der Waals surface area (Å²) in [5, 5.41) is 12.1. The van der Waals surface area contributed by atoms with Crippen LogP contribution in [0.5, 0.6) is 0 Å². The van der Waals surface area contributed by atoms with E-state index in [1.165, 1.54) is 0 Å². The molecule has 0 bridgehead atoms. The molecule has 1 aromatic carbocycles. The predicted molar refractivity (Wildman–Crippen MR) is 74.4 cm³/mol. The van der Waals surface area contributed by atoms with Crippen molar-refractivity contribution in [2.24, 2.45) is 5.73 Å². The van der Waals surface area contributed by atoms with Gasteiger partial charge in [-0.25, -0.2) is 0 Å². The van der Waals surface area contributed by atoms with Gasteiger partial charge in [-0.2, -0.15) is 0 Å². The van der Waals surface area contributed by atoms with Crippen LogP contribution < -0.4 is 11.1 Å². The number of benzene rings is 1. The first-order valence-electron chi connectivity index (χ1n) is 5.65. The lowest BCUT2D eigenvalue weighted by molar-refractivity contribution is -0.125. The molecule has 4 N–H and O–H groups in total. The van der Waals surface area contributed by atoms with Crippen molar-refractivity contribution in [3.05, 3.63) is 35.4 Å². The van der Waals surface area contributed by atoms with Crippen LogP contribution in [0.2, 0.25) is 0 Å². The zero-order valence-corrected chi connectivity index (χ0v) is 11.8. The Morgan fingerprint density at radius 3 is 2.28 bits per heavy atom. The van der Waals surface area contributed by atoms with Gasteiger partial charge >= 0.3 is 0 Å². The number of nitrogens with one attached hydrogen (secondary N) is 1. The average Bonchev–Trinajstić information content (AvgIpc) is 2.25. The molecule has 0 aliphatic heterocycles. The summed E-state index contributed by atoms with van der Waals surface area (Å²) in [4.78, 5) is 11.5.